The predicted octanol–water partition coefficient (Wildman–Crippen LogP) is 8.49. The molecule has 0 spiro atoms. The Morgan fingerprint density at radius 1 is 0.776 bits per heavy atom. The Balaban J connectivity index is 0.000000342. The largest absolute Gasteiger partial charge is 4.00 e. The van der Waals surface area contributed by atoms with Crippen molar-refractivity contribution in [1.29, 1.82) is 0 Å². The molecule has 0 N–H and O–H groups in total. The van der Waals surface area contributed by atoms with Gasteiger partial charge in [0.2, 0.25) is 0 Å². The van der Waals surface area contributed by atoms with Gasteiger partial charge in [-0.25, -0.2) is 0 Å². The summed E-state index contributed by atoms with van der Waals surface area (Å²) in [6.07, 6.45) is 20.6. The second kappa shape index (κ2) is 24.3. The number of hydrogen-bond donors (Lipinski definition) is 0. The van der Waals surface area contributed by atoms with E-state index in [2.05, 4.69) is 59.8 Å². The molecule has 0 saturated heterocycles. The van der Waals surface area contributed by atoms with Crippen LogP contribution in [0.5, 0.6) is 0 Å². The Morgan fingerprint density at radius 3 is 1.76 bits per heavy atom. The number of benzene rings is 2. The molecule has 6 nitrogen and oxygen atoms in total. The van der Waals surface area contributed by atoms with Crippen molar-refractivity contribution in [1.82, 2.24) is 0 Å². The first-order chi connectivity index (χ1) is 27.0. The van der Waals surface area contributed by atoms with Gasteiger partial charge < -0.3 is 20.4 Å². The molecule has 4 aliphatic rings. The summed E-state index contributed by atoms with van der Waals surface area (Å²) in [7, 11) is 0. The third kappa shape index (κ3) is 13.8. The van der Waals surface area contributed by atoms with E-state index in [0.717, 1.165) is 66.9 Å². The van der Waals surface area contributed by atoms with Crippen LogP contribution in [0.3, 0.4) is 0 Å². The second-order valence-electron chi connectivity index (χ2n) is 17.7. The van der Waals surface area contributed by atoms with E-state index in [9.17, 15) is 24.9 Å². The Kier molecular flexibility index (Phi) is 21.4. The fourth-order valence-corrected chi connectivity index (χ4v) is 10.6. The summed E-state index contributed by atoms with van der Waals surface area (Å²) in [6.45, 7) is 19.0. The predicted molar refractivity (Wildman–Crippen MR) is 227 cm³/mol. The number of ketones is 2. The maximum absolute atomic E-state index is 12.2. The van der Waals surface area contributed by atoms with Crippen molar-refractivity contribution in [2.45, 2.75) is 126 Å². The smallest absolute Gasteiger partial charge is 0.872 e. The zero-order valence-electron chi connectivity index (χ0n) is 36.8. The van der Waals surface area contributed by atoms with Gasteiger partial charge >= 0.3 is 21.7 Å². The summed E-state index contributed by atoms with van der Waals surface area (Å²) >= 11 is 0. The summed E-state index contributed by atoms with van der Waals surface area (Å²) in [4.78, 5) is 21.1. The normalized spacial score (nSPS) is 28.6. The van der Waals surface area contributed by atoms with Gasteiger partial charge in [-0.2, -0.15) is 0 Å². The molecular weight excluding hydrogens is 756 g/mol. The molecule has 3 fully saturated rings. The van der Waals surface area contributed by atoms with Crippen LogP contribution in [0.1, 0.15) is 131 Å². The summed E-state index contributed by atoms with van der Waals surface area (Å²) in [5.74, 6) is 4.70. The minimum atomic E-state index is -0.337. The van der Waals surface area contributed by atoms with Crippen LogP contribution in [-0.4, -0.2) is 24.3 Å². The van der Waals surface area contributed by atoms with Crippen LogP contribution in [0, 0.1) is 52.3 Å². The standard InChI is InChI=1S/C29H47O.2C10H10O2.C2H5O.Ti/c1-7-21(19(2)3)9-8-20(4)25-12-13-26-24-11-10-22-18-23(30)14-16-28(22,5)27(24)15-17-29(25,26)6;2*1-8(11)7-10(12)9-5-3-2-4-6-9;1-2-3;/h8-10,19-21,23-27H,7,11-18H2,1-6H3;2*2-7,12H,1H3;2H2,1H3;/q-1;;;-1;+4/p-2/b9-8+;2*10-7-;;/t20?,21-,23+,24+,25-,26?,27?,28+,29-;;;;/m1..../s1. The molecule has 58 heavy (non-hydrogen) atoms. The van der Waals surface area contributed by atoms with Crippen molar-refractivity contribution in [2.75, 3.05) is 6.61 Å². The van der Waals surface area contributed by atoms with E-state index in [1.807, 2.05) is 12.1 Å². The van der Waals surface area contributed by atoms with E-state index in [0.29, 0.717) is 27.9 Å². The zero-order chi connectivity index (χ0) is 42.3. The van der Waals surface area contributed by atoms with Crippen LogP contribution in [-0.2, 0) is 31.3 Å². The Hall–Kier alpha value is -3.03. The molecule has 3 unspecified atom stereocenters. The summed E-state index contributed by atoms with van der Waals surface area (Å²) < 4.78 is 0. The van der Waals surface area contributed by atoms with E-state index in [4.69, 9.17) is 5.11 Å². The third-order valence-corrected chi connectivity index (χ3v) is 13.5. The minimum Gasteiger partial charge on any atom is -0.872 e. The SMILES string of the molecule is CC(=O)/C=C(\[O-])c1ccccc1.CC(=O)/C=C(\[O-])c1ccccc1.CC[C@H](/C=C/C(C)[C@H]1CCC2[C@@H]3CC=C4C[C@@H]([O-])CC[C@]4(C)C3CC[C@@]21C)C(C)C.CC[O-].[Ti+4]. The van der Waals surface area contributed by atoms with E-state index >= 15 is 0 Å². The molecule has 9 atom stereocenters. The molecule has 0 amide bonds. The zero-order valence-corrected chi connectivity index (χ0v) is 38.4. The van der Waals surface area contributed by atoms with Crippen LogP contribution in [0.4, 0.5) is 0 Å². The van der Waals surface area contributed by atoms with Gasteiger partial charge in [-0.05, 0) is 141 Å². The first kappa shape index (κ1) is 51.1. The maximum atomic E-state index is 12.2. The molecule has 2 aromatic rings. The molecule has 6 rings (SSSR count). The van der Waals surface area contributed by atoms with Crippen molar-refractivity contribution >= 4 is 23.1 Å². The van der Waals surface area contributed by atoms with Crippen molar-refractivity contribution in [3.05, 3.63) is 108 Å². The van der Waals surface area contributed by atoms with Crippen LogP contribution in [0.2, 0.25) is 0 Å². The minimum absolute atomic E-state index is 0. The summed E-state index contributed by atoms with van der Waals surface area (Å²) in [6, 6.07) is 17.4. The van der Waals surface area contributed by atoms with E-state index < -0.39 is 0 Å². The quantitative estimate of drug-likeness (QED) is 0.108. The molecule has 3 saturated carbocycles. The third-order valence-electron chi connectivity index (χ3n) is 13.5. The molecule has 0 aromatic heterocycles. The molecule has 7 heteroatoms. The molecule has 2 aromatic carbocycles. The fourth-order valence-electron chi connectivity index (χ4n) is 10.6. The van der Waals surface area contributed by atoms with Crippen LogP contribution >= 0.6 is 0 Å². The van der Waals surface area contributed by atoms with Crippen LogP contribution < -0.4 is 20.4 Å². The van der Waals surface area contributed by atoms with Gasteiger partial charge in [0.25, 0.3) is 0 Å². The average molecular weight is 827 g/mol. The summed E-state index contributed by atoms with van der Waals surface area (Å²) in [5.41, 5.74) is 3.49. The average Bonchev–Trinajstić information content (AvgIpc) is 3.53. The van der Waals surface area contributed by atoms with E-state index in [1.54, 1.807) is 61.0 Å². The summed E-state index contributed by atoms with van der Waals surface area (Å²) in [5, 5.41) is 43.5. The van der Waals surface area contributed by atoms with Crippen molar-refractivity contribution in [2.24, 2.45) is 52.3 Å². The number of hydrogen-bond acceptors (Lipinski definition) is 6. The van der Waals surface area contributed by atoms with E-state index in [1.165, 1.54) is 52.4 Å². The maximum Gasteiger partial charge on any atom is 4.00 e. The number of allylic oxidation sites excluding steroid dienone is 5. The molecule has 0 aliphatic heterocycles. The van der Waals surface area contributed by atoms with Gasteiger partial charge in [-0.1, -0.05) is 151 Å². The topological polar surface area (TPSA) is 126 Å². The van der Waals surface area contributed by atoms with Crippen molar-refractivity contribution in [3.63, 3.8) is 0 Å². The first-order valence-corrected chi connectivity index (χ1v) is 21.5. The number of carbonyl (C=O) groups is 2. The van der Waals surface area contributed by atoms with Gasteiger partial charge in [0, 0.05) is 0 Å². The van der Waals surface area contributed by atoms with Crippen molar-refractivity contribution in [3.8, 4) is 0 Å². The van der Waals surface area contributed by atoms with E-state index in [-0.39, 0.29) is 57.5 Å². The van der Waals surface area contributed by atoms with Crippen molar-refractivity contribution < 1.29 is 51.7 Å². The van der Waals surface area contributed by atoms with Gasteiger partial charge in [0.05, 0.1) is 0 Å². The second-order valence-corrected chi connectivity index (χ2v) is 17.7. The van der Waals surface area contributed by atoms with Crippen LogP contribution in [0.15, 0.2) is 96.6 Å². The molecule has 314 valence electrons. The number of fused-ring (bicyclic) bond motifs is 5. The van der Waals surface area contributed by atoms with Gasteiger partial charge in [0.1, 0.15) is 0 Å². The molecule has 0 bridgehead atoms. The first-order valence-electron chi connectivity index (χ1n) is 21.5. The Bertz CT molecular complexity index is 1610. The molecule has 0 heterocycles. The van der Waals surface area contributed by atoms with Gasteiger partial charge in [-0.3, -0.25) is 9.59 Å². The number of rotatable bonds is 9. The molecular formula is C51H70O6Ti. The molecule has 4 aliphatic carbocycles. The Labute approximate surface area is 365 Å². The fraction of sp³-hybridized carbons (Fsp3) is 0.569. The number of carbonyl (C=O) groups excluding carboxylic acids is 2. The van der Waals surface area contributed by atoms with Gasteiger partial charge in [-0.15, -0.1) is 12.7 Å². The Morgan fingerprint density at radius 2 is 1.29 bits per heavy atom. The van der Waals surface area contributed by atoms with Gasteiger partial charge in [0.15, 0.2) is 11.6 Å². The van der Waals surface area contributed by atoms with Crippen LogP contribution in [0.25, 0.3) is 11.5 Å². The molecule has 0 radical (unpaired) electrons. The monoisotopic (exact) mass is 826 g/mol.